The lowest BCUT2D eigenvalue weighted by atomic mass is 10.1. The predicted octanol–water partition coefficient (Wildman–Crippen LogP) is 3.42. The molecular weight excluding hydrogens is 295 g/mol. The highest BCUT2D eigenvalue weighted by Gasteiger charge is 2.20. The van der Waals surface area contributed by atoms with E-state index >= 15 is 0 Å². The number of carboxylic acid groups (broad SMARTS) is 1. The Kier molecular flexibility index (Phi) is 5.38. The Balaban J connectivity index is 2.97. The van der Waals surface area contributed by atoms with E-state index in [0.29, 0.717) is 6.42 Å². The molecule has 0 aromatic heterocycles. The summed E-state index contributed by atoms with van der Waals surface area (Å²) in [6.07, 6.45) is 0.414. The monoisotopic (exact) mass is 306 g/mol. The summed E-state index contributed by atoms with van der Waals surface area (Å²) in [6, 6.07) is 2.45. The molecule has 2 N–H and O–H groups in total. The molecule has 0 aliphatic rings. The van der Waals surface area contributed by atoms with Crippen molar-refractivity contribution in [3.05, 3.63) is 32.3 Å². The van der Waals surface area contributed by atoms with E-state index in [4.69, 9.17) is 28.3 Å². The van der Waals surface area contributed by atoms with E-state index in [1.54, 1.807) is 6.92 Å². The fourth-order valence-electron chi connectivity index (χ4n) is 1.47. The fraction of sp³-hybridized carbons (Fsp3) is 0.364. The molecule has 0 aliphatic carbocycles. The number of carbonyl (C=O) groups is 1. The molecule has 1 aromatic rings. The molecule has 0 saturated carbocycles. The molecular formula is C11H12Cl2N2O4. The maximum Gasteiger partial charge on any atom is 0.308 e. The van der Waals surface area contributed by atoms with Gasteiger partial charge in [0, 0.05) is 12.6 Å². The molecule has 104 valence electrons. The van der Waals surface area contributed by atoms with Crippen molar-refractivity contribution in [2.45, 2.75) is 13.3 Å². The molecule has 0 bridgehead atoms. The van der Waals surface area contributed by atoms with Gasteiger partial charge in [-0.2, -0.15) is 0 Å². The minimum absolute atomic E-state index is 0.0733. The van der Waals surface area contributed by atoms with Crippen molar-refractivity contribution in [2.24, 2.45) is 5.92 Å². The lowest BCUT2D eigenvalue weighted by Gasteiger charge is -2.12. The molecule has 1 aromatic carbocycles. The average molecular weight is 307 g/mol. The summed E-state index contributed by atoms with van der Waals surface area (Å²) in [5.74, 6) is -1.59. The molecule has 0 spiro atoms. The highest BCUT2D eigenvalue weighted by molar-refractivity contribution is 6.42. The van der Waals surface area contributed by atoms with E-state index in [9.17, 15) is 14.9 Å². The molecule has 0 amide bonds. The van der Waals surface area contributed by atoms with Crippen molar-refractivity contribution in [1.29, 1.82) is 0 Å². The maximum atomic E-state index is 10.9. The second-order valence-corrected chi connectivity index (χ2v) is 4.68. The Morgan fingerprint density at radius 2 is 2.05 bits per heavy atom. The summed E-state index contributed by atoms with van der Waals surface area (Å²) < 4.78 is 0. The Labute approximate surface area is 119 Å². The summed E-state index contributed by atoms with van der Waals surface area (Å²) in [7, 11) is 0. The number of halogens is 2. The predicted molar refractivity (Wildman–Crippen MR) is 73.0 cm³/mol. The molecule has 0 saturated heterocycles. The number of aliphatic carboxylic acids is 1. The van der Waals surface area contributed by atoms with E-state index < -0.39 is 16.8 Å². The summed E-state index contributed by atoms with van der Waals surface area (Å²) in [6.45, 7) is 1.80. The van der Waals surface area contributed by atoms with Crippen LogP contribution in [0.25, 0.3) is 0 Å². The summed E-state index contributed by atoms with van der Waals surface area (Å²) in [4.78, 5) is 21.1. The van der Waals surface area contributed by atoms with Crippen molar-refractivity contribution in [2.75, 3.05) is 11.9 Å². The van der Waals surface area contributed by atoms with Crippen molar-refractivity contribution >= 4 is 40.5 Å². The summed E-state index contributed by atoms with van der Waals surface area (Å²) in [5.41, 5.74) is -0.0891. The Hall–Kier alpha value is -1.53. The Bertz CT molecular complexity index is 508. The van der Waals surface area contributed by atoms with Gasteiger partial charge in [0.2, 0.25) is 0 Å². The van der Waals surface area contributed by atoms with Crippen LogP contribution in [0.5, 0.6) is 0 Å². The average Bonchev–Trinajstić information content (AvgIpc) is 2.33. The van der Waals surface area contributed by atoms with Crippen LogP contribution in [0.2, 0.25) is 10.0 Å². The van der Waals surface area contributed by atoms with Gasteiger partial charge < -0.3 is 10.4 Å². The number of nitrogens with zero attached hydrogens (tertiary/aromatic N) is 1. The molecule has 6 nitrogen and oxygen atoms in total. The Morgan fingerprint density at radius 1 is 1.47 bits per heavy atom. The zero-order valence-electron chi connectivity index (χ0n) is 10.0. The van der Waals surface area contributed by atoms with Crippen LogP contribution in [0.4, 0.5) is 11.4 Å². The third-order valence-electron chi connectivity index (χ3n) is 2.62. The highest BCUT2D eigenvalue weighted by Crippen LogP contribution is 2.34. The van der Waals surface area contributed by atoms with Crippen molar-refractivity contribution in [1.82, 2.24) is 0 Å². The second kappa shape index (κ2) is 6.58. The smallest absolute Gasteiger partial charge is 0.308 e. The van der Waals surface area contributed by atoms with E-state index in [1.165, 1.54) is 6.07 Å². The van der Waals surface area contributed by atoms with Crippen LogP contribution in [-0.2, 0) is 4.79 Å². The van der Waals surface area contributed by atoms with Crippen LogP contribution in [0.1, 0.15) is 13.3 Å². The molecule has 8 heteroatoms. The van der Waals surface area contributed by atoms with Crippen molar-refractivity contribution in [3.63, 3.8) is 0 Å². The maximum absolute atomic E-state index is 10.9. The number of hydrogen-bond donors (Lipinski definition) is 2. The van der Waals surface area contributed by atoms with Gasteiger partial charge in [0.15, 0.2) is 0 Å². The molecule has 0 heterocycles. The van der Waals surface area contributed by atoms with Gasteiger partial charge in [-0.15, -0.1) is 0 Å². The quantitative estimate of drug-likeness (QED) is 0.620. The third-order valence-corrected chi connectivity index (χ3v) is 3.34. The van der Waals surface area contributed by atoms with E-state index in [0.717, 1.165) is 6.07 Å². The molecule has 19 heavy (non-hydrogen) atoms. The summed E-state index contributed by atoms with van der Waals surface area (Å²) >= 11 is 11.5. The lowest BCUT2D eigenvalue weighted by molar-refractivity contribution is -0.383. The van der Waals surface area contributed by atoms with Gasteiger partial charge in [0.1, 0.15) is 5.69 Å². The number of benzene rings is 1. The topological polar surface area (TPSA) is 92.5 Å². The fourth-order valence-corrected chi connectivity index (χ4v) is 1.79. The molecule has 1 rings (SSSR count). The molecule has 0 fully saturated rings. The number of carboxylic acids is 1. The first-order valence-electron chi connectivity index (χ1n) is 5.46. The standard InChI is InChI=1S/C11H12Cl2N2O4/c1-2-6(11(16)17)5-14-9-3-7(12)8(13)4-10(9)15(18)19/h3-4,6,14H,2,5H2,1H3,(H,16,17). The zero-order valence-corrected chi connectivity index (χ0v) is 11.5. The van der Waals surface area contributed by atoms with Gasteiger partial charge >= 0.3 is 5.97 Å². The lowest BCUT2D eigenvalue weighted by Crippen LogP contribution is -2.22. The molecule has 0 aliphatic heterocycles. The number of anilines is 1. The van der Waals surface area contributed by atoms with E-state index in [2.05, 4.69) is 5.32 Å². The van der Waals surface area contributed by atoms with E-state index in [-0.39, 0.29) is 28.0 Å². The molecule has 1 atom stereocenters. The Morgan fingerprint density at radius 3 is 2.53 bits per heavy atom. The van der Waals surface area contributed by atoms with Gasteiger partial charge in [-0.3, -0.25) is 14.9 Å². The van der Waals surface area contributed by atoms with Crippen LogP contribution in [-0.4, -0.2) is 22.5 Å². The van der Waals surface area contributed by atoms with Crippen LogP contribution in [0, 0.1) is 16.0 Å². The largest absolute Gasteiger partial charge is 0.481 e. The van der Waals surface area contributed by atoms with Gasteiger partial charge in [-0.1, -0.05) is 30.1 Å². The van der Waals surface area contributed by atoms with Gasteiger partial charge in [-0.25, -0.2) is 0 Å². The van der Waals surface area contributed by atoms with Crippen LogP contribution in [0.15, 0.2) is 12.1 Å². The number of nitro groups is 1. The van der Waals surface area contributed by atoms with Crippen molar-refractivity contribution in [3.8, 4) is 0 Å². The van der Waals surface area contributed by atoms with Crippen LogP contribution < -0.4 is 5.32 Å². The SMILES string of the molecule is CCC(CNc1cc(Cl)c(Cl)cc1[N+](=O)[O-])C(=O)O. The summed E-state index contributed by atoms with van der Waals surface area (Å²) in [5, 5.41) is 22.8. The van der Waals surface area contributed by atoms with Crippen molar-refractivity contribution < 1.29 is 14.8 Å². The first-order chi connectivity index (χ1) is 8.86. The second-order valence-electron chi connectivity index (χ2n) is 3.86. The van der Waals surface area contributed by atoms with Crippen LogP contribution >= 0.6 is 23.2 Å². The normalized spacial score (nSPS) is 11.9. The minimum Gasteiger partial charge on any atom is -0.481 e. The first-order valence-corrected chi connectivity index (χ1v) is 6.22. The molecule has 0 radical (unpaired) electrons. The molecule has 1 unspecified atom stereocenters. The first kappa shape index (κ1) is 15.5. The van der Waals surface area contributed by atoms with Gasteiger partial charge in [-0.05, 0) is 12.5 Å². The number of nitro benzene ring substituents is 1. The zero-order chi connectivity index (χ0) is 14.6. The highest BCUT2D eigenvalue weighted by atomic mass is 35.5. The van der Waals surface area contributed by atoms with Crippen LogP contribution in [0.3, 0.4) is 0 Å². The van der Waals surface area contributed by atoms with Gasteiger partial charge in [0.25, 0.3) is 5.69 Å². The minimum atomic E-state index is -0.960. The number of hydrogen-bond acceptors (Lipinski definition) is 4. The third kappa shape index (κ3) is 3.97. The number of rotatable bonds is 6. The van der Waals surface area contributed by atoms with E-state index in [1.807, 2.05) is 0 Å². The number of nitrogens with one attached hydrogen (secondary N) is 1. The van der Waals surface area contributed by atoms with Gasteiger partial charge in [0.05, 0.1) is 20.9 Å².